The van der Waals surface area contributed by atoms with Gasteiger partial charge in [-0.05, 0) is 18.8 Å². The van der Waals surface area contributed by atoms with Crippen LogP contribution in [-0.2, 0) is 27.1 Å². The van der Waals surface area contributed by atoms with Crippen molar-refractivity contribution >= 4 is 0 Å². The highest BCUT2D eigenvalue weighted by Crippen LogP contribution is 2.26. The zero-order valence-corrected chi connectivity index (χ0v) is 13.9. The molecule has 1 N–H and O–H groups in total. The molecule has 0 amide bonds. The third-order valence-corrected chi connectivity index (χ3v) is 4.78. The molecule has 2 heterocycles. The monoisotopic (exact) mass is 319 g/mol. The van der Waals surface area contributed by atoms with Crippen molar-refractivity contribution in [2.45, 2.75) is 44.7 Å². The van der Waals surface area contributed by atoms with Crippen molar-refractivity contribution in [3.63, 3.8) is 0 Å². The fraction of sp³-hybridized carbons (Fsp3) is 0.733. The van der Waals surface area contributed by atoms with Crippen LogP contribution in [0.15, 0.2) is 17.4 Å². The Kier molecular flexibility index (Phi) is 4.90. The van der Waals surface area contributed by atoms with Crippen LogP contribution in [0.1, 0.15) is 31.5 Å². The van der Waals surface area contributed by atoms with Crippen LogP contribution < -0.4 is 11.0 Å². The van der Waals surface area contributed by atoms with Crippen LogP contribution in [0.4, 0.5) is 0 Å². The van der Waals surface area contributed by atoms with E-state index >= 15 is 0 Å². The van der Waals surface area contributed by atoms with E-state index in [1.54, 1.807) is 31.3 Å². The van der Waals surface area contributed by atoms with Gasteiger partial charge in [0.1, 0.15) is 18.5 Å². The zero-order valence-electron chi connectivity index (χ0n) is 13.9. The second-order valence-corrected chi connectivity index (χ2v) is 6.35. The van der Waals surface area contributed by atoms with E-state index in [1.165, 1.54) is 30.4 Å². The SMILES string of the molecule is Cn1nc(C[C@H]2CCCC[C@H]2NCCn2cncn2)n(C)c1=O. The van der Waals surface area contributed by atoms with Crippen LogP contribution in [0, 0.1) is 5.92 Å². The van der Waals surface area contributed by atoms with Crippen molar-refractivity contribution in [2.24, 2.45) is 20.0 Å². The smallest absolute Gasteiger partial charge is 0.312 e. The highest BCUT2D eigenvalue weighted by Gasteiger charge is 2.26. The molecule has 0 aliphatic heterocycles. The molecule has 0 unspecified atom stereocenters. The van der Waals surface area contributed by atoms with Gasteiger partial charge in [0, 0.05) is 33.1 Å². The average Bonchev–Trinajstić information content (AvgIpc) is 3.14. The minimum atomic E-state index is -0.0495. The van der Waals surface area contributed by atoms with Gasteiger partial charge in [-0.1, -0.05) is 12.8 Å². The van der Waals surface area contributed by atoms with Crippen molar-refractivity contribution in [3.05, 3.63) is 29.0 Å². The lowest BCUT2D eigenvalue weighted by Gasteiger charge is -2.32. The quantitative estimate of drug-likeness (QED) is 0.817. The lowest BCUT2D eigenvalue weighted by Crippen LogP contribution is -2.41. The van der Waals surface area contributed by atoms with Gasteiger partial charge in [-0.2, -0.15) is 10.2 Å². The Morgan fingerprint density at radius 2 is 2.13 bits per heavy atom. The van der Waals surface area contributed by atoms with Gasteiger partial charge in [0.25, 0.3) is 0 Å². The fourth-order valence-corrected chi connectivity index (χ4v) is 3.46. The lowest BCUT2D eigenvalue weighted by molar-refractivity contribution is 0.253. The first kappa shape index (κ1) is 15.9. The molecule has 23 heavy (non-hydrogen) atoms. The number of nitrogens with zero attached hydrogens (tertiary/aromatic N) is 6. The highest BCUT2D eigenvalue weighted by atomic mass is 16.2. The average molecular weight is 319 g/mol. The normalized spacial score (nSPS) is 21.7. The lowest BCUT2D eigenvalue weighted by atomic mass is 9.82. The number of aryl methyl sites for hydroxylation is 1. The Balaban J connectivity index is 1.59. The Morgan fingerprint density at radius 3 is 2.83 bits per heavy atom. The summed E-state index contributed by atoms with van der Waals surface area (Å²) in [7, 11) is 3.52. The Labute approximate surface area is 135 Å². The van der Waals surface area contributed by atoms with E-state index in [0.29, 0.717) is 12.0 Å². The summed E-state index contributed by atoms with van der Waals surface area (Å²) < 4.78 is 4.93. The molecule has 1 aliphatic carbocycles. The molecule has 1 aliphatic rings. The molecule has 0 aromatic carbocycles. The summed E-state index contributed by atoms with van der Waals surface area (Å²) in [4.78, 5) is 15.8. The fourth-order valence-electron chi connectivity index (χ4n) is 3.46. The van der Waals surface area contributed by atoms with Crippen LogP contribution in [0.5, 0.6) is 0 Å². The van der Waals surface area contributed by atoms with Gasteiger partial charge in [0.15, 0.2) is 0 Å². The summed E-state index contributed by atoms with van der Waals surface area (Å²) in [6, 6.07) is 0.476. The van der Waals surface area contributed by atoms with Crippen LogP contribution in [-0.4, -0.2) is 41.7 Å². The summed E-state index contributed by atoms with van der Waals surface area (Å²) >= 11 is 0. The maximum atomic E-state index is 11.8. The van der Waals surface area contributed by atoms with E-state index in [-0.39, 0.29) is 5.69 Å². The molecule has 0 saturated heterocycles. The number of nitrogens with one attached hydrogen (secondary N) is 1. The van der Waals surface area contributed by atoms with Crippen molar-refractivity contribution in [2.75, 3.05) is 6.54 Å². The predicted octanol–water partition coefficient (Wildman–Crippen LogP) is 0.101. The highest BCUT2D eigenvalue weighted by molar-refractivity contribution is 4.93. The van der Waals surface area contributed by atoms with Gasteiger partial charge in [0.05, 0.1) is 6.54 Å². The van der Waals surface area contributed by atoms with Crippen molar-refractivity contribution in [1.29, 1.82) is 0 Å². The van der Waals surface area contributed by atoms with Crippen LogP contribution >= 0.6 is 0 Å². The van der Waals surface area contributed by atoms with Crippen molar-refractivity contribution < 1.29 is 0 Å². The minimum Gasteiger partial charge on any atom is -0.312 e. The van der Waals surface area contributed by atoms with Gasteiger partial charge in [0.2, 0.25) is 0 Å². The second-order valence-electron chi connectivity index (χ2n) is 6.35. The minimum absolute atomic E-state index is 0.0495. The van der Waals surface area contributed by atoms with E-state index in [1.807, 2.05) is 4.68 Å². The van der Waals surface area contributed by atoms with Gasteiger partial charge in [-0.3, -0.25) is 9.25 Å². The Hall–Kier alpha value is -1.96. The topological polar surface area (TPSA) is 82.6 Å². The number of rotatable bonds is 6. The van der Waals surface area contributed by atoms with Gasteiger partial charge in [-0.15, -0.1) is 0 Å². The number of hydrogen-bond donors (Lipinski definition) is 1. The van der Waals surface area contributed by atoms with E-state index in [9.17, 15) is 4.79 Å². The third-order valence-electron chi connectivity index (χ3n) is 4.78. The van der Waals surface area contributed by atoms with E-state index in [0.717, 1.165) is 25.3 Å². The molecule has 1 fully saturated rings. The Bertz CT molecular complexity index is 673. The van der Waals surface area contributed by atoms with Crippen LogP contribution in [0.25, 0.3) is 0 Å². The molecular formula is C15H25N7O. The predicted molar refractivity (Wildman–Crippen MR) is 85.9 cm³/mol. The maximum absolute atomic E-state index is 11.8. The molecule has 8 nitrogen and oxygen atoms in total. The summed E-state index contributed by atoms with van der Waals surface area (Å²) in [5, 5.41) is 12.2. The van der Waals surface area contributed by atoms with Crippen molar-refractivity contribution in [3.8, 4) is 0 Å². The third kappa shape index (κ3) is 3.69. The first-order valence-electron chi connectivity index (χ1n) is 8.30. The molecule has 0 bridgehead atoms. The molecule has 1 saturated carbocycles. The number of aromatic nitrogens is 6. The maximum Gasteiger partial charge on any atom is 0.345 e. The Morgan fingerprint density at radius 1 is 1.30 bits per heavy atom. The standard InChI is InChI=1S/C15H25N7O/c1-20-14(19-21(2)15(20)23)9-12-5-3-4-6-13(12)17-7-8-22-11-16-10-18-22/h10-13,17H,3-9H2,1-2H3/t12-,13-/m1/s1. The first-order chi connectivity index (χ1) is 11.1. The molecule has 2 atom stereocenters. The molecular weight excluding hydrogens is 294 g/mol. The molecule has 2 aromatic rings. The second kappa shape index (κ2) is 7.08. The molecule has 0 radical (unpaired) electrons. The zero-order chi connectivity index (χ0) is 16.2. The van der Waals surface area contributed by atoms with Gasteiger partial charge >= 0.3 is 5.69 Å². The summed E-state index contributed by atoms with van der Waals surface area (Å²) in [5.41, 5.74) is -0.0495. The van der Waals surface area contributed by atoms with E-state index in [4.69, 9.17) is 0 Å². The summed E-state index contributed by atoms with van der Waals surface area (Å²) in [5.74, 6) is 1.41. The van der Waals surface area contributed by atoms with Crippen molar-refractivity contribution in [1.82, 2.24) is 34.4 Å². The number of hydrogen-bond acceptors (Lipinski definition) is 5. The molecule has 0 spiro atoms. The van der Waals surface area contributed by atoms with Gasteiger partial charge in [-0.25, -0.2) is 14.5 Å². The molecule has 2 aromatic heterocycles. The molecule has 126 valence electrons. The largest absolute Gasteiger partial charge is 0.345 e. The first-order valence-corrected chi connectivity index (χ1v) is 8.30. The van der Waals surface area contributed by atoms with Gasteiger partial charge < -0.3 is 5.32 Å². The van der Waals surface area contributed by atoms with E-state index < -0.39 is 0 Å². The summed E-state index contributed by atoms with van der Waals surface area (Å²) in [6.07, 6.45) is 9.04. The van der Waals surface area contributed by atoms with E-state index in [2.05, 4.69) is 20.5 Å². The van der Waals surface area contributed by atoms with Crippen LogP contribution in [0.3, 0.4) is 0 Å². The molecule has 8 heteroatoms. The summed E-state index contributed by atoms with van der Waals surface area (Å²) in [6.45, 7) is 1.71. The molecule has 3 rings (SSSR count). The van der Waals surface area contributed by atoms with Crippen LogP contribution in [0.2, 0.25) is 0 Å².